The van der Waals surface area contributed by atoms with Gasteiger partial charge >= 0.3 is 0 Å². The highest BCUT2D eigenvalue weighted by atomic mass is 16.5. The van der Waals surface area contributed by atoms with E-state index in [4.69, 9.17) is 10.00 Å². The minimum Gasteiger partial charge on any atom is -0.359 e. The van der Waals surface area contributed by atoms with Crippen LogP contribution in [0.4, 0.5) is 0 Å². The average molecular weight is 201 g/mol. The molecule has 0 saturated carbocycles. The zero-order valence-electron chi connectivity index (χ0n) is 8.99. The summed E-state index contributed by atoms with van der Waals surface area (Å²) in [7, 11) is 0. The van der Waals surface area contributed by atoms with E-state index in [1.54, 1.807) is 0 Å². The van der Waals surface area contributed by atoms with E-state index >= 15 is 0 Å². The molecular formula is C13H15NO. The number of nitrogens with zero attached hydrogens (tertiary/aromatic N) is 1. The van der Waals surface area contributed by atoms with E-state index in [9.17, 15) is 0 Å². The molecule has 1 aromatic rings. The quantitative estimate of drug-likeness (QED) is 0.753. The number of hydrogen-bond acceptors (Lipinski definition) is 2. The van der Waals surface area contributed by atoms with E-state index in [-0.39, 0.29) is 0 Å². The second-order valence-corrected chi connectivity index (χ2v) is 3.85. The maximum atomic E-state index is 8.98. The molecule has 0 saturated heterocycles. The van der Waals surface area contributed by atoms with Gasteiger partial charge in [0.1, 0.15) is 0 Å². The van der Waals surface area contributed by atoms with Crippen molar-refractivity contribution in [3.8, 4) is 6.07 Å². The smallest absolute Gasteiger partial charge is 0.169 e. The molecule has 2 rings (SSSR count). The first-order valence-corrected chi connectivity index (χ1v) is 5.48. The Morgan fingerprint density at radius 1 is 1.40 bits per heavy atom. The molecule has 0 spiro atoms. The largest absolute Gasteiger partial charge is 0.359 e. The molecule has 0 radical (unpaired) electrons. The van der Waals surface area contributed by atoms with Crippen LogP contribution < -0.4 is 0 Å². The number of fused-ring (bicyclic) bond motifs is 1. The molecule has 0 unspecified atom stereocenters. The lowest BCUT2D eigenvalue weighted by atomic mass is 10.0. The molecule has 1 aliphatic rings. The topological polar surface area (TPSA) is 33.0 Å². The lowest BCUT2D eigenvalue weighted by Gasteiger charge is -2.10. The van der Waals surface area contributed by atoms with Crippen molar-refractivity contribution in [2.24, 2.45) is 0 Å². The maximum absolute atomic E-state index is 8.98. The molecule has 0 bridgehead atoms. The van der Waals surface area contributed by atoms with E-state index < -0.39 is 6.10 Å². The lowest BCUT2D eigenvalue weighted by Crippen LogP contribution is -2.02. The second-order valence-electron chi connectivity index (χ2n) is 3.85. The van der Waals surface area contributed by atoms with Crippen molar-refractivity contribution < 1.29 is 4.74 Å². The Balaban J connectivity index is 2.25. The van der Waals surface area contributed by atoms with Crippen LogP contribution in [-0.4, -0.2) is 6.61 Å². The summed E-state index contributed by atoms with van der Waals surface area (Å²) in [6.45, 7) is 2.49. The van der Waals surface area contributed by atoms with Crippen LogP contribution in [0.15, 0.2) is 18.2 Å². The highest BCUT2D eigenvalue weighted by Crippen LogP contribution is 2.26. The Morgan fingerprint density at radius 2 is 2.20 bits per heavy atom. The standard InChI is InChI=1S/C13H15NO/c1-2-15-13(9-14)12-7-6-10-4-3-5-11(10)8-12/h6-8,13H,2-5H2,1H3/t13-/m0/s1. The van der Waals surface area contributed by atoms with E-state index in [0.717, 1.165) is 12.0 Å². The summed E-state index contributed by atoms with van der Waals surface area (Å²) >= 11 is 0. The molecule has 0 fully saturated rings. The molecule has 1 aliphatic carbocycles. The van der Waals surface area contributed by atoms with Gasteiger partial charge in [-0.2, -0.15) is 5.26 Å². The van der Waals surface area contributed by atoms with Crippen molar-refractivity contribution in [3.63, 3.8) is 0 Å². The summed E-state index contributed by atoms with van der Waals surface area (Å²) in [4.78, 5) is 0. The van der Waals surface area contributed by atoms with E-state index in [2.05, 4.69) is 18.2 Å². The molecule has 0 aliphatic heterocycles. The Labute approximate surface area is 90.5 Å². The van der Waals surface area contributed by atoms with Crippen molar-refractivity contribution in [2.75, 3.05) is 6.61 Å². The predicted molar refractivity (Wildman–Crippen MR) is 58.4 cm³/mol. The monoisotopic (exact) mass is 201 g/mol. The third kappa shape index (κ3) is 2.03. The van der Waals surface area contributed by atoms with Gasteiger partial charge in [-0.25, -0.2) is 0 Å². The van der Waals surface area contributed by atoms with Gasteiger partial charge in [-0.15, -0.1) is 0 Å². The molecule has 0 aromatic heterocycles. The van der Waals surface area contributed by atoms with Gasteiger partial charge in [0.25, 0.3) is 0 Å². The zero-order valence-corrected chi connectivity index (χ0v) is 8.99. The first-order chi connectivity index (χ1) is 7.35. The minimum absolute atomic E-state index is 0.402. The summed E-state index contributed by atoms with van der Waals surface area (Å²) in [5, 5.41) is 8.98. The van der Waals surface area contributed by atoms with Gasteiger partial charge < -0.3 is 4.74 Å². The lowest BCUT2D eigenvalue weighted by molar-refractivity contribution is 0.102. The summed E-state index contributed by atoms with van der Waals surface area (Å²) < 4.78 is 5.38. The SMILES string of the molecule is CCO[C@@H](C#N)c1ccc2c(c1)CCC2. The van der Waals surface area contributed by atoms with Gasteiger partial charge in [0.05, 0.1) is 6.07 Å². The van der Waals surface area contributed by atoms with Gasteiger partial charge in [-0.3, -0.25) is 0 Å². The summed E-state index contributed by atoms with van der Waals surface area (Å²) in [6.07, 6.45) is 3.17. The fourth-order valence-electron chi connectivity index (χ4n) is 2.13. The van der Waals surface area contributed by atoms with Crippen molar-refractivity contribution in [2.45, 2.75) is 32.3 Å². The normalized spacial score (nSPS) is 15.7. The average Bonchev–Trinajstić information content (AvgIpc) is 2.72. The van der Waals surface area contributed by atoms with Crippen LogP contribution >= 0.6 is 0 Å². The Hall–Kier alpha value is -1.33. The van der Waals surface area contributed by atoms with E-state index in [0.29, 0.717) is 6.61 Å². The number of benzene rings is 1. The van der Waals surface area contributed by atoms with Crippen LogP contribution in [0, 0.1) is 11.3 Å². The zero-order chi connectivity index (χ0) is 10.7. The minimum atomic E-state index is -0.402. The van der Waals surface area contributed by atoms with Crippen LogP contribution in [0.2, 0.25) is 0 Å². The predicted octanol–water partition coefficient (Wildman–Crippen LogP) is 2.78. The highest BCUT2D eigenvalue weighted by molar-refractivity contribution is 5.37. The molecule has 1 aromatic carbocycles. The summed E-state index contributed by atoms with van der Waals surface area (Å²) in [5.41, 5.74) is 3.83. The van der Waals surface area contributed by atoms with Crippen LogP contribution in [0.5, 0.6) is 0 Å². The van der Waals surface area contributed by atoms with Gasteiger partial charge in [0, 0.05) is 6.61 Å². The van der Waals surface area contributed by atoms with Crippen LogP contribution in [-0.2, 0) is 17.6 Å². The Kier molecular flexibility index (Phi) is 3.03. The molecule has 0 heterocycles. The van der Waals surface area contributed by atoms with Crippen molar-refractivity contribution in [3.05, 3.63) is 34.9 Å². The van der Waals surface area contributed by atoms with Gasteiger partial charge in [-0.05, 0) is 42.9 Å². The molecule has 15 heavy (non-hydrogen) atoms. The van der Waals surface area contributed by atoms with E-state index in [1.807, 2.05) is 13.0 Å². The number of hydrogen-bond donors (Lipinski definition) is 0. The third-order valence-electron chi connectivity index (χ3n) is 2.88. The number of nitriles is 1. The first kappa shape index (κ1) is 10.2. The van der Waals surface area contributed by atoms with Crippen molar-refractivity contribution in [1.82, 2.24) is 0 Å². The maximum Gasteiger partial charge on any atom is 0.169 e. The molecule has 2 nitrogen and oxygen atoms in total. The Bertz CT molecular complexity index is 392. The fraction of sp³-hybridized carbons (Fsp3) is 0.462. The van der Waals surface area contributed by atoms with Crippen molar-refractivity contribution in [1.29, 1.82) is 5.26 Å². The van der Waals surface area contributed by atoms with Crippen LogP contribution in [0.25, 0.3) is 0 Å². The number of ether oxygens (including phenoxy) is 1. The second kappa shape index (κ2) is 4.46. The van der Waals surface area contributed by atoms with Crippen molar-refractivity contribution >= 4 is 0 Å². The summed E-state index contributed by atoms with van der Waals surface area (Å²) in [6, 6.07) is 8.48. The van der Waals surface area contributed by atoms with Gasteiger partial charge in [0.2, 0.25) is 0 Å². The molecule has 78 valence electrons. The Morgan fingerprint density at radius 3 is 2.93 bits per heavy atom. The molecular weight excluding hydrogens is 186 g/mol. The highest BCUT2D eigenvalue weighted by Gasteiger charge is 2.15. The fourth-order valence-corrected chi connectivity index (χ4v) is 2.13. The third-order valence-corrected chi connectivity index (χ3v) is 2.88. The van der Waals surface area contributed by atoms with E-state index in [1.165, 1.54) is 24.0 Å². The van der Waals surface area contributed by atoms with Crippen LogP contribution in [0.3, 0.4) is 0 Å². The number of aryl methyl sites for hydroxylation is 2. The molecule has 1 atom stereocenters. The number of rotatable bonds is 3. The molecule has 0 N–H and O–H groups in total. The first-order valence-electron chi connectivity index (χ1n) is 5.48. The summed E-state index contributed by atoms with van der Waals surface area (Å²) in [5.74, 6) is 0. The molecule has 0 amide bonds. The van der Waals surface area contributed by atoms with Gasteiger partial charge in [0.15, 0.2) is 6.10 Å². The van der Waals surface area contributed by atoms with Gasteiger partial charge in [-0.1, -0.05) is 18.2 Å². The molecule has 2 heteroatoms. The van der Waals surface area contributed by atoms with Crippen LogP contribution in [0.1, 0.15) is 36.1 Å².